The minimum atomic E-state index is -2.83. The average molecular weight is 459 g/mol. The number of para-hydroxylation sites is 1. The first-order valence-corrected chi connectivity index (χ1v) is 9.67. The van der Waals surface area contributed by atoms with Crippen molar-refractivity contribution in [3.63, 3.8) is 0 Å². The van der Waals surface area contributed by atoms with E-state index in [1.54, 1.807) is 6.07 Å². The lowest BCUT2D eigenvalue weighted by Gasteiger charge is -2.12. The SMILES string of the molecule is Cn1cc(C(=O)Nc2cccc3ccn(Cc4ccccc4Br)c23)c(C(F)F)n1. The minimum absolute atomic E-state index is 0.136. The molecule has 0 aliphatic heterocycles. The Bertz CT molecular complexity index is 1200. The summed E-state index contributed by atoms with van der Waals surface area (Å²) in [4.78, 5) is 12.7. The van der Waals surface area contributed by atoms with E-state index in [0.717, 1.165) is 20.9 Å². The Morgan fingerprint density at radius 2 is 1.97 bits per heavy atom. The van der Waals surface area contributed by atoms with Crippen molar-refractivity contribution in [1.29, 1.82) is 0 Å². The molecule has 4 aromatic rings. The Balaban J connectivity index is 1.71. The van der Waals surface area contributed by atoms with Crippen molar-refractivity contribution in [2.45, 2.75) is 13.0 Å². The van der Waals surface area contributed by atoms with Crippen LogP contribution in [-0.2, 0) is 13.6 Å². The molecule has 1 amide bonds. The lowest BCUT2D eigenvalue weighted by atomic mass is 10.2. The van der Waals surface area contributed by atoms with Crippen molar-refractivity contribution >= 4 is 38.4 Å². The smallest absolute Gasteiger partial charge is 0.282 e. The van der Waals surface area contributed by atoms with E-state index in [0.29, 0.717) is 12.2 Å². The topological polar surface area (TPSA) is 51.9 Å². The average Bonchev–Trinajstić information content (AvgIpc) is 3.28. The third-order valence-corrected chi connectivity index (χ3v) is 5.42. The zero-order chi connectivity index (χ0) is 20.5. The van der Waals surface area contributed by atoms with E-state index in [4.69, 9.17) is 0 Å². The summed E-state index contributed by atoms with van der Waals surface area (Å²) in [6.45, 7) is 0.590. The minimum Gasteiger partial charge on any atom is -0.341 e. The fourth-order valence-electron chi connectivity index (χ4n) is 3.34. The van der Waals surface area contributed by atoms with Crippen LogP contribution in [0.4, 0.5) is 14.5 Å². The number of aryl methyl sites for hydroxylation is 1. The number of carbonyl (C=O) groups is 1. The fourth-order valence-corrected chi connectivity index (χ4v) is 3.75. The number of nitrogens with one attached hydrogen (secondary N) is 1. The predicted octanol–water partition coefficient (Wildman–Crippen LogP) is 5.38. The number of anilines is 1. The molecule has 0 saturated heterocycles. The maximum atomic E-state index is 13.2. The molecule has 2 aromatic heterocycles. The molecule has 0 fully saturated rings. The molecule has 1 N–H and O–H groups in total. The quantitative estimate of drug-likeness (QED) is 0.436. The van der Waals surface area contributed by atoms with Crippen molar-refractivity contribution in [3.8, 4) is 0 Å². The van der Waals surface area contributed by atoms with Crippen LogP contribution in [0.3, 0.4) is 0 Å². The number of fused-ring (bicyclic) bond motifs is 1. The fraction of sp³-hybridized carbons (Fsp3) is 0.143. The van der Waals surface area contributed by atoms with E-state index in [2.05, 4.69) is 26.3 Å². The molecule has 2 aromatic carbocycles. The van der Waals surface area contributed by atoms with Gasteiger partial charge in [-0.25, -0.2) is 8.78 Å². The van der Waals surface area contributed by atoms with Crippen LogP contribution in [0.2, 0.25) is 0 Å². The van der Waals surface area contributed by atoms with Gasteiger partial charge in [-0.05, 0) is 23.8 Å². The first kappa shape index (κ1) is 19.3. The molecule has 0 atom stereocenters. The van der Waals surface area contributed by atoms with Gasteiger partial charge in [-0.3, -0.25) is 9.48 Å². The van der Waals surface area contributed by atoms with E-state index >= 15 is 0 Å². The van der Waals surface area contributed by atoms with E-state index in [1.807, 2.05) is 53.2 Å². The van der Waals surface area contributed by atoms with E-state index < -0.39 is 18.0 Å². The number of alkyl halides is 2. The van der Waals surface area contributed by atoms with Gasteiger partial charge in [0, 0.05) is 35.8 Å². The van der Waals surface area contributed by atoms with E-state index in [9.17, 15) is 13.6 Å². The lowest BCUT2D eigenvalue weighted by molar-refractivity contribution is 0.101. The third-order valence-electron chi connectivity index (χ3n) is 4.64. The summed E-state index contributed by atoms with van der Waals surface area (Å²) in [5.74, 6) is -0.616. The van der Waals surface area contributed by atoms with Crippen molar-refractivity contribution in [2.24, 2.45) is 7.05 Å². The van der Waals surface area contributed by atoms with Crippen molar-refractivity contribution in [1.82, 2.24) is 14.3 Å². The number of aromatic nitrogens is 3. The Morgan fingerprint density at radius 1 is 1.17 bits per heavy atom. The Kier molecular flexibility index (Phi) is 5.19. The molecule has 148 valence electrons. The molecule has 0 aliphatic rings. The maximum Gasteiger partial charge on any atom is 0.282 e. The summed E-state index contributed by atoms with van der Waals surface area (Å²) in [5, 5.41) is 7.42. The molecule has 0 bridgehead atoms. The molecule has 0 spiro atoms. The van der Waals surface area contributed by atoms with Gasteiger partial charge in [0.25, 0.3) is 12.3 Å². The monoisotopic (exact) mass is 458 g/mol. The van der Waals surface area contributed by atoms with Gasteiger partial charge in [-0.1, -0.05) is 46.3 Å². The van der Waals surface area contributed by atoms with Gasteiger partial charge in [0.1, 0.15) is 5.69 Å². The number of hydrogen-bond donors (Lipinski definition) is 1. The van der Waals surface area contributed by atoms with Crippen LogP contribution in [0.1, 0.15) is 28.0 Å². The molecule has 5 nitrogen and oxygen atoms in total. The van der Waals surface area contributed by atoms with E-state index in [1.165, 1.54) is 17.9 Å². The van der Waals surface area contributed by atoms with Gasteiger partial charge in [-0.15, -0.1) is 0 Å². The Hall–Kier alpha value is -3.00. The van der Waals surface area contributed by atoms with Gasteiger partial charge < -0.3 is 9.88 Å². The summed E-state index contributed by atoms with van der Waals surface area (Å²) in [6.07, 6.45) is 0.415. The number of hydrogen-bond acceptors (Lipinski definition) is 2. The van der Waals surface area contributed by atoms with Gasteiger partial charge in [0.15, 0.2) is 0 Å². The molecule has 4 rings (SSSR count). The molecule has 29 heavy (non-hydrogen) atoms. The largest absolute Gasteiger partial charge is 0.341 e. The van der Waals surface area contributed by atoms with E-state index in [-0.39, 0.29) is 5.56 Å². The van der Waals surface area contributed by atoms with Crippen molar-refractivity contribution < 1.29 is 13.6 Å². The summed E-state index contributed by atoms with van der Waals surface area (Å²) in [6, 6.07) is 15.4. The standard InChI is InChI=1S/C21H17BrF2N4O/c1-27-12-15(18(26-27)20(23)24)21(29)25-17-8-4-6-13-9-10-28(19(13)17)11-14-5-2-3-7-16(14)22/h2-10,12,20H,11H2,1H3,(H,25,29). The summed E-state index contributed by atoms with van der Waals surface area (Å²) < 4.78 is 30.7. The predicted molar refractivity (Wildman–Crippen MR) is 111 cm³/mol. The zero-order valence-corrected chi connectivity index (χ0v) is 17.0. The summed E-state index contributed by atoms with van der Waals surface area (Å²) >= 11 is 3.56. The van der Waals surface area contributed by atoms with Crippen LogP contribution < -0.4 is 5.32 Å². The van der Waals surface area contributed by atoms with Crippen molar-refractivity contribution in [2.75, 3.05) is 5.32 Å². The van der Waals surface area contributed by atoms with Crippen LogP contribution in [0.25, 0.3) is 10.9 Å². The van der Waals surface area contributed by atoms with Gasteiger partial charge >= 0.3 is 0 Å². The maximum absolute atomic E-state index is 13.2. The van der Waals surface area contributed by atoms with Gasteiger partial charge in [0.05, 0.1) is 16.8 Å². The number of benzene rings is 2. The number of nitrogens with zero attached hydrogens (tertiary/aromatic N) is 3. The number of amides is 1. The highest BCUT2D eigenvalue weighted by Gasteiger charge is 2.23. The van der Waals surface area contributed by atoms with Gasteiger partial charge in [0.2, 0.25) is 0 Å². The molecule has 2 heterocycles. The lowest BCUT2D eigenvalue weighted by Crippen LogP contribution is -2.14. The zero-order valence-electron chi connectivity index (χ0n) is 15.4. The first-order valence-electron chi connectivity index (χ1n) is 8.88. The third kappa shape index (κ3) is 3.80. The Morgan fingerprint density at radius 3 is 2.72 bits per heavy atom. The molecule has 0 aliphatic carbocycles. The second-order valence-electron chi connectivity index (χ2n) is 6.63. The highest BCUT2D eigenvalue weighted by atomic mass is 79.9. The number of carbonyl (C=O) groups excluding carboxylic acids is 1. The molecule has 8 heteroatoms. The number of rotatable bonds is 5. The van der Waals surface area contributed by atoms with Gasteiger partial charge in [-0.2, -0.15) is 5.10 Å². The molecule has 0 saturated carbocycles. The molecule has 0 radical (unpaired) electrons. The first-order chi connectivity index (χ1) is 13.9. The normalized spacial score (nSPS) is 11.3. The molecular weight excluding hydrogens is 442 g/mol. The van der Waals surface area contributed by atoms with Crippen molar-refractivity contribution in [3.05, 3.63) is 82.2 Å². The summed E-state index contributed by atoms with van der Waals surface area (Å²) in [5.41, 5.74) is 1.79. The van der Waals surface area contributed by atoms with Crippen LogP contribution in [0.15, 0.2) is 65.4 Å². The van der Waals surface area contributed by atoms with Crippen LogP contribution in [0.5, 0.6) is 0 Å². The van der Waals surface area contributed by atoms with Crippen LogP contribution >= 0.6 is 15.9 Å². The second-order valence-corrected chi connectivity index (χ2v) is 7.49. The number of halogens is 3. The highest BCUT2D eigenvalue weighted by Crippen LogP contribution is 2.28. The van der Waals surface area contributed by atoms with Crippen LogP contribution in [0, 0.1) is 0 Å². The highest BCUT2D eigenvalue weighted by molar-refractivity contribution is 9.10. The Labute approximate surface area is 174 Å². The molecular formula is C21H17BrF2N4O. The summed E-state index contributed by atoms with van der Waals surface area (Å²) in [7, 11) is 1.51. The van der Waals surface area contributed by atoms with Crippen LogP contribution in [-0.4, -0.2) is 20.3 Å². The molecule has 0 unspecified atom stereocenters. The second kappa shape index (κ2) is 7.79.